The molecule has 0 spiro atoms. The van der Waals surface area contributed by atoms with E-state index in [9.17, 15) is 9.90 Å². The Labute approximate surface area is 168 Å². The van der Waals surface area contributed by atoms with Gasteiger partial charge in [-0.2, -0.15) is 4.98 Å². The predicted molar refractivity (Wildman–Crippen MR) is 113 cm³/mol. The van der Waals surface area contributed by atoms with E-state index < -0.39 is 5.54 Å². The molecule has 3 rings (SSSR count). The zero-order chi connectivity index (χ0) is 20.5. The lowest BCUT2D eigenvalue weighted by molar-refractivity contribution is 0.471. The first-order chi connectivity index (χ1) is 13.2. The van der Waals surface area contributed by atoms with Gasteiger partial charge >= 0.3 is 0 Å². The molecular formula is C20H24ClN5O2. The standard InChI is InChI=1S/C20H24ClN5O2/c1-11(2)9-22-17-16(27)10-23-19(25-17)26-20(3,4)14-8-12-7-13(21)5-6-15(12)24-18(14)28/h5-8,10-11,27H,9H2,1-4H3,(H,24,28)(H2,22,23,25,26). The van der Waals surface area contributed by atoms with Crippen molar-refractivity contribution in [2.75, 3.05) is 17.2 Å². The molecule has 7 nitrogen and oxygen atoms in total. The summed E-state index contributed by atoms with van der Waals surface area (Å²) in [6.45, 7) is 8.52. The molecule has 1 aromatic carbocycles. The van der Waals surface area contributed by atoms with Crippen LogP contribution >= 0.6 is 11.6 Å². The molecule has 0 fully saturated rings. The molecule has 2 heterocycles. The van der Waals surface area contributed by atoms with Gasteiger partial charge in [-0.1, -0.05) is 25.4 Å². The Bertz CT molecular complexity index is 1060. The van der Waals surface area contributed by atoms with E-state index in [1.54, 1.807) is 18.2 Å². The summed E-state index contributed by atoms with van der Waals surface area (Å²) in [5.41, 5.74) is 0.269. The highest BCUT2D eigenvalue weighted by molar-refractivity contribution is 6.31. The van der Waals surface area contributed by atoms with Crippen LogP contribution < -0.4 is 16.2 Å². The lowest BCUT2D eigenvalue weighted by Crippen LogP contribution is -2.35. The van der Waals surface area contributed by atoms with Crippen molar-refractivity contribution in [3.05, 3.63) is 51.4 Å². The lowest BCUT2D eigenvalue weighted by Gasteiger charge is -2.26. The van der Waals surface area contributed by atoms with Gasteiger partial charge in [0.15, 0.2) is 11.6 Å². The first-order valence-corrected chi connectivity index (χ1v) is 9.44. The summed E-state index contributed by atoms with van der Waals surface area (Å²) in [5.74, 6) is 1.02. The molecule has 0 unspecified atom stereocenters. The molecule has 0 saturated carbocycles. The minimum Gasteiger partial charge on any atom is -0.503 e. The third-order valence-corrected chi connectivity index (χ3v) is 4.59. The van der Waals surface area contributed by atoms with Crippen LogP contribution in [0.3, 0.4) is 0 Å². The number of aromatic amines is 1. The Kier molecular flexibility index (Phi) is 5.47. The molecule has 4 N–H and O–H groups in total. The lowest BCUT2D eigenvalue weighted by atomic mass is 9.94. The van der Waals surface area contributed by atoms with E-state index in [0.29, 0.717) is 34.8 Å². The van der Waals surface area contributed by atoms with Gasteiger partial charge < -0.3 is 20.7 Å². The van der Waals surface area contributed by atoms with E-state index in [1.807, 2.05) is 19.9 Å². The molecule has 2 aromatic heterocycles. The van der Waals surface area contributed by atoms with Gasteiger partial charge in [0.05, 0.1) is 11.7 Å². The fraction of sp³-hybridized carbons (Fsp3) is 0.350. The van der Waals surface area contributed by atoms with Gasteiger partial charge in [-0.25, -0.2) is 4.98 Å². The molecule has 3 aromatic rings. The van der Waals surface area contributed by atoms with Crippen LogP contribution in [0.15, 0.2) is 35.3 Å². The molecule has 8 heteroatoms. The maximum atomic E-state index is 12.6. The van der Waals surface area contributed by atoms with Crippen molar-refractivity contribution in [2.24, 2.45) is 5.92 Å². The Balaban J connectivity index is 1.93. The van der Waals surface area contributed by atoms with Crippen molar-refractivity contribution >= 4 is 34.3 Å². The maximum Gasteiger partial charge on any atom is 0.253 e. The highest BCUT2D eigenvalue weighted by Crippen LogP contribution is 2.27. The van der Waals surface area contributed by atoms with Crippen LogP contribution in [0.4, 0.5) is 11.8 Å². The van der Waals surface area contributed by atoms with Gasteiger partial charge in [0.2, 0.25) is 5.95 Å². The molecule has 0 atom stereocenters. The van der Waals surface area contributed by atoms with Gasteiger partial charge in [-0.15, -0.1) is 0 Å². The average molecular weight is 402 g/mol. The van der Waals surface area contributed by atoms with E-state index in [4.69, 9.17) is 11.6 Å². The fourth-order valence-corrected chi connectivity index (χ4v) is 3.04. The molecule has 0 saturated heterocycles. The van der Waals surface area contributed by atoms with E-state index >= 15 is 0 Å². The van der Waals surface area contributed by atoms with Gasteiger partial charge in [0.1, 0.15) is 0 Å². The molecule has 0 radical (unpaired) electrons. The summed E-state index contributed by atoms with van der Waals surface area (Å²) < 4.78 is 0. The molecular weight excluding hydrogens is 378 g/mol. The summed E-state index contributed by atoms with van der Waals surface area (Å²) in [4.78, 5) is 24.0. The Morgan fingerprint density at radius 3 is 2.75 bits per heavy atom. The van der Waals surface area contributed by atoms with E-state index in [2.05, 4.69) is 39.4 Å². The summed E-state index contributed by atoms with van der Waals surface area (Å²) in [6.07, 6.45) is 1.33. The molecule has 0 aliphatic carbocycles. The van der Waals surface area contributed by atoms with Crippen molar-refractivity contribution < 1.29 is 5.11 Å². The van der Waals surface area contributed by atoms with Crippen molar-refractivity contribution in [2.45, 2.75) is 33.2 Å². The number of hydrogen-bond donors (Lipinski definition) is 4. The van der Waals surface area contributed by atoms with Crippen molar-refractivity contribution in [1.29, 1.82) is 0 Å². The number of aromatic nitrogens is 3. The molecule has 148 valence electrons. The van der Waals surface area contributed by atoms with Crippen LogP contribution in [-0.4, -0.2) is 26.6 Å². The Hall–Kier alpha value is -2.80. The zero-order valence-corrected chi connectivity index (χ0v) is 17.1. The van der Waals surface area contributed by atoms with Crippen LogP contribution in [0.1, 0.15) is 33.3 Å². The normalized spacial score (nSPS) is 11.8. The largest absolute Gasteiger partial charge is 0.503 e. The SMILES string of the molecule is CC(C)CNc1nc(NC(C)(C)c2cc3cc(Cl)ccc3[nH]c2=O)ncc1O. The number of fused-ring (bicyclic) bond motifs is 1. The number of pyridine rings is 1. The minimum absolute atomic E-state index is 0.0257. The molecule has 0 aliphatic rings. The van der Waals surface area contributed by atoms with Crippen molar-refractivity contribution in [1.82, 2.24) is 15.0 Å². The second-order valence-corrected chi connectivity index (χ2v) is 8.13. The second-order valence-electron chi connectivity index (χ2n) is 7.70. The average Bonchev–Trinajstić information content (AvgIpc) is 2.61. The third-order valence-electron chi connectivity index (χ3n) is 4.35. The van der Waals surface area contributed by atoms with Crippen LogP contribution in [0, 0.1) is 5.92 Å². The maximum absolute atomic E-state index is 12.6. The topological polar surface area (TPSA) is 103 Å². The van der Waals surface area contributed by atoms with Gasteiger partial charge in [0.25, 0.3) is 5.56 Å². The predicted octanol–water partition coefficient (Wildman–Crippen LogP) is 4.09. The Morgan fingerprint density at radius 1 is 1.29 bits per heavy atom. The smallest absolute Gasteiger partial charge is 0.253 e. The van der Waals surface area contributed by atoms with Crippen LogP contribution in [0.5, 0.6) is 5.75 Å². The number of anilines is 2. The number of aromatic hydroxyl groups is 1. The second kappa shape index (κ2) is 7.67. The van der Waals surface area contributed by atoms with Crippen molar-refractivity contribution in [3.63, 3.8) is 0 Å². The minimum atomic E-state index is -0.767. The third kappa shape index (κ3) is 4.36. The molecule has 28 heavy (non-hydrogen) atoms. The van der Waals surface area contributed by atoms with Crippen molar-refractivity contribution in [3.8, 4) is 5.75 Å². The number of benzene rings is 1. The highest BCUT2D eigenvalue weighted by Gasteiger charge is 2.25. The first kappa shape index (κ1) is 19.9. The Morgan fingerprint density at radius 2 is 2.04 bits per heavy atom. The summed E-state index contributed by atoms with van der Waals surface area (Å²) >= 11 is 6.08. The number of hydrogen-bond acceptors (Lipinski definition) is 6. The summed E-state index contributed by atoms with van der Waals surface area (Å²) in [5, 5.41) is 17.7. The molecule has 0 aliphatic heterocycles. The van der Waals surface area contributed by atoms with Crippen LogP contribution in [0.25, 0.3) is 10.9 Å². The number of halogens is 1. The van der Waals surface area contributed by atoms with E-state index in [1.165, 1.54) is 6.20 Å². The first-order valence-electron chi connectivity index (χ1n) is 9.07. The fourth-order valence-electron chi connectivity index (χ4n) is 2.86. The molecule has 0 amide bonds. The monoisotopic (exact) mass is 401 g/mol. The van der Waals surface area contributed by atoms with Crippen LogP contribution in [-0.2, 0) is 5.54 Å². The number of H-pyrrole nitrogens is 1. The number of rotatable bonds is 6. The van der Waals surface area contributed by atoms with Crippen LogP contribution in [0.2, 0.25) is 5.02 Å². The van der Waals surface area contributed by atoms with E-state index in [-0.39, 0.29) is 11.3 Å². The van der Waals surface area contributed by atoms with Gasteiger partial charge in [0, 0.05) is 28.0 Å². The quantitative estimate of drug-likeness (QED) is 0.496. The van der Waals surface area contributed by atoms with E-state index in [0.717, 1.165) is 10.9 Å². The summed E-state index contributed by atoms with van der Waals surface area (Å²) in [6, 6.07) is 7.13. The highest BCUT2D eigenvalue weighted by atomic mass is 35.5. The zero-order valence-electron chi connectivity index (χ0n) is 16.3. The molecule has 0 bridgehead atoms. The van der Waals surface area contributed by atoms with Gasteiger partial charge in [-0.05, 0) is 44.0 Å². The number of nitrogens with one attached hydrogen (secondary N) is 3. The number of nitrogens with zero attached hydrogens (tertiary/aromatic N) is 2. The van der Waals surface area contributed by atoms with Gasteiger partial charge in [-0.3, -0.25) is 4.79 Å². The summed E-state index contributed by atoms with van der Waals surface area (Å²) in [7, 11) is 0.